The number of hydrogen-bond acceptors (Lipinski definition) is 5. The van der Waals surface area contributed by atoms with E-state index in [4.69, 9.17) is 4.74 Å². The molecule has 0 saturated heterocycles. The highest BCUT2D eigenvalue weighted by molar-refractivity contribution is 5.77. The third-order valence-electron chi connectivity index (χ3n) is 10.5. The number of amides is 1. The van der Waals surface area contributed by atoms with Gasteiger partial charge in [-0.25, -0.2) is 0 Å². The molecule has 0 rings (SSSR count). The summed E-state index contributed by atoms with van der Waals surface area (Å²) in [6.07, 6.45) is 50.3. The van der Waals surface area contributed by atoms with Crippen LogP contribution in [0, 0.1) is 0 Å². The van der Waals surface area contributed by atoms with Crippen molar-refractivity contribution in [1.29, 1.82) is 0 Å². The minimum Gasteiger partial charge on any atom is -0.462 e. The predicted molar refractivity (Wildman–Crippen MR) is 236 cm³/mol. The van der Waals surface area contributed by atoms with Crippen molar-refractivity contribution in [2.24, 2.45) is 0 Å². The molecular formula is C49H89NO5. The van der Waals surface area contributed by atoms with Gasteiger partial charge in [-0.3, -0.25) is 9.59 Å². The van der Waals surface area contributed by atoms with Crippen LogP contribution in [0.4, 0.5) is 0 Å². The molecule has 0 radical (unpaired) electrons. The van der Waals surface area contributed by atoms with Crippen molar-refractivity contribution in [2.45, 2.75) is 244 Å². The second-order valence-corrected chi connectivity index (χ2v) is 15.9. The van der Waals surface area contributed by atoms with Gasteiger partial charge in [0, 0.05) is 6.42 Å². The van der Waals surface area contributed by atoms with Crippen LogP contribution in [0.1, 0.15) is 226 Å². The summed E-state index contributed by atoms with van der Waals surface area (Å²) in [5.41, 5.74) is 0. The van der Waals surface area contributed by atoms with Gasteiger partial charge in [0.2, 0.25) is 5.91 Å². The first-order valence-corrected chi connectivity index (χ1v) is 23.4. The Kier molecular flexibility index (Phi) is 41.2. The molecular weight excluding hydrogens is 683 g/mol. The van der Waals surface area contributed by atoms with E-state index in [1.807, 2.05) is 18.2 Å². The molecule has 3 atom stereocenters. The standard InChI is InChI=1S/C49H89NO5/c1-4-7-10-13-16-19-21-23-24-26-28-30-33-36-39-42-49(54)55-45(40-37-34-31-18-15-12-9-6-3)43-48(53)50-46(44-51)47(52)41-38-35-32-29-27-25-22-20-17-14-11-8-5-2/h7,10,13,16,19,21,23-24,45-47,51-52H,4-6,8-9,11-12,14-15,17-18,20,22,25-44H2,1-3H3,(H,50,53)/b10-7+,16-13+,21-19+,24-23-. The Balaban J connectivity index is 4.50. The van der Waals surface area contributed by atoms with E-state index in [0.717, 1.165) is 83.5 Å². The molecule has 0 aliphatic carbocycles. The quantitative estimate of drug-likeness (QED) is 0.0327. The molecule has 320 valence electrons. The SMILES string of the molecule is CC/C=C/C=C/C=C/C=C\CCCCCCCC(=O)OC(CCCCCCCCCC)CC(=O)NC(CO)C(O)CCCCCCCCCCCCCCC. The van der Waals surface area contributed by atoms with E-state index in [2.05, 4.69) is 56.5 Å². The topological polar surface area (TPSA) is 95.9 Å². The molecule has 0 aromatic rings. The summed E-state index contributed by atoms with van der Waals surface area (Å²) >= 11 is 0. The predicted octanol–water partition coefficient (Wildman–Crippen LogP) is 13.5. The van der Waals surface area contributed by atoms with Crippen LogP contribution in [-0.2, 0) is 14.3 Å². The smallest absolute Gasteiger partial charge is 0.306 e. The normalized spacial score (nSPS) is 13.8. The number of carbonyl (C=O) groups is 2. The first-order chi connectivity index (χ1) is 27.0. The van der Waals surface area contributed by atoms with Gasteiger partial charge in [-0.2, -0.15) is 0 Å². The Morgan fingerprint density at radius 1 is 0.545 bits per heavy atom. The van der Waals surface area contributed by atoms with Gasteiger partial charge < -0.3 is 20.3 Å². The van der Waals surface area contributed by atoms with E-state index >= 15 is 0 Å². The fourth-order valence-electron chi connectivity index (χ4n) is 6.97. The molecule has 0 aliphatic rings. The molecule has 0 saturated carbocycles. The van der Waals surface area contributed by atoms with E-state index in [1.54, 1.807) is 0 Å². The third-order valence-corrected chi connectivity index (χ3v) is 10.5. The van der Waals surface area contributed by atoms with E-state index in [9.17, 15) is 19.8 Å². The Morgan fingerprint density at radius 2 is 0.982 bits per heavy atom. The van der Waals surface area contributed by atoms with Crippen molar-refractivity contribution in [3.63, 3.8) is 0 Å². The molecule has 55 heavy (non-hydrogen) atoms. The number of aliphatic hydroxyl groups is 2. The maximum Gasteiger partial charge on any atom is 0.306 e. The first kappa shape index (κ1) is 52.8. The largest absolute Gasteiger partial charge is 0.462 e. The number of aliphatic hydroxyl groups excluding tert-OH is 2. The van der Waals surface area contributed by atoms with Gasteiger partial charge in [0.25, 0.3) is 0 Å². The van der Waals surface area contributed by atoms with Gasteiger partial charge in [0.1, 0.15) is 6.10 Å². The van der Waals surface area contributed by atoms with Crippen molar-refractivity contribution < 1.29 is 24.5 Å². The van der Waals surface area contributed by atoms with Crippen LogP contribution in [0.2, 0.25) is 0 Å². The van der Waals surface area contributed by atoms with Gasteiger partial charge in [0.05, 0.1) is 25.2 Å². The fraction of sp³-hybridized carbons (Fsp3) is 0.796. The summed E-state index contributed by atoms with van der Waals surface area (Å²) in [7, 11) is 0. The molecule has 3 unspecified atom stereocenters. The molecule has 0 spiro atoms. The molecule has 0 fully saturated rings. The maximum absolute atomic E-state index is 13.1. The molecule has 0 aromatic heterocycles. The zero-order chi connectivity index (χ0) is 40.3. The van der Waals surface area contributed by atoms with Gasteiger partial charge in [-0.05, 0) is 44.9 Å². The second kappa shape index (κ2) is 43.0. The lowest BCUT2D eigenvalue weighted by Crippen LogP contribution is -2.46. The van der Waals surface area contributed by atoms with Crippen LogP contribution in [0.5, 0.6) is 0 Å². The van der Waals surface area contributed by atoms with Crippen molar-refractivity contribution in [2.75, 3.05) is 6.61 Å². The van der Waals surface area contributed by atoms with E-state index in [-0.39, 0.29) is 24.9 Å². The first-order valence-electron chi connectivity index (χ1n) is 23.4. The van der Waals surface area contributed by atoms with Gasteiger partial charge in [-0.1, -0.05) is 217 Å². The van der Waals surface area contributed by atoms with Crippen LogP contribution in [0.15, 0.2) is 48.6 Å². The summed E-state index contributed by atoms with van der Waals surface area (Å²) in [6.45, 7) is 6.31. The maximum atomic E-state index is 13.1. The van der Waals surface area contributed by atoms with E-state index < -0.39 is 18.2 Å². The molecule has 6 heteroatoms. The minimum atomic E-state index is -0.788. The lowest BCUT2D eigenvalue weighted by atomic mass is 10.0. The van der Waals surface area contributed by atoms with Gasteiger partial charge >= 0.3 is 5.97 Å². The summed E-state index contributed by atoms with van der Waals surface area (Å²) < 4.78 is 5.88. The van der Waals surface area contributed by atoms with Crippen molar-refractivity contribution in [1.82, 2.24) is 5.32 Å². The molecule has 6 nitrogen and oxygen atoms in total. The lowest BCUT2D eigenvalue weighted by molar-refractivity contribution is -0.151. The molecule has 0 bridgehead atoms. The molecule has 0 aliphatic heterocycles. The second-order valence-electron chi connectivity index (χ2n) is 15.9. The average Bonchev–Trinajstić information content (AvgIpc) is 3.18. The number of ether oxygens (including phenoxy) is 1. The summed E-state index contributed by atoms with van der Waals surface area (Å²) in [4.78, 5) is 25.9. The number of carbonyl (C=O) groups excluding carboxylic acids is 2. The Hall–Kier alpha value is -2.18. The lowest BCUT2D eigenvalue weighted by Gasteiger charge is -2.24. The zero-order valence-electron chi connectivity index (χ0n) is 36.3. The Labute approximate surface area is 340 Å². The number of allylic oxidation sites excluding steroid dienone is 8. The highest BCUT2D eigenvalue weighted by Crippen LogP contribution is 2.17. The Bertz CT molecular complexity index is 957. The number of hydrogen-bond donors (Lipinski definition) is 3. The summed E-state index contributed by atoms with van der Waals surface area (Å²) in [5.74, 6) is -0.501. The van der Waals surface area contributed by atoms with Crippen LogP contribution >= 0.6 is 0 Å². The number of nitrogens with one attached hydrogen (secondary N) is 1. The highest BCUT2D eigenvalue weighted by atomic mass is 16.5. The highest BCUT2D eigenvalue weighted by Gasteiger charge is 2.24. The zero-order valence-corrected chi connectivity index (χ0v) is 36.3. The molecule has 0 aromatic carbocycles. The number of unbranched alkanes of at least 4 members (excludes halogenated alkanes) is 24. The van der Waals surface area contributed by atoms with Crippen molar-refractivity contribution >= 4 is 11.9 Å². The molecule has 3 N–H and O–H groups in total. The summed E-state index contributed by atoms with van der Waals surface area (Å²) in [6, 6.07) is -0.702. The van der Waals surface area contributed by atoms with E-state index in [1.165, 1.54) is 96.3 Å². The third kappa shape index (κ3) is 38.5. The minimum absolute atomic E-state index is 0.0686. The van der Waals surface area contributed by atoms with Gasteiger partial charge in [0.15, 0.2) is 0 Å². The van der Waals surface area contributed by atoms with Gasteiger partial charge in [-0.15, -0.1) is 0 Å². The number of esters is 1. The summed E-state index contributed by atoms with van der Waals surface area (Å²) in [5, 5.41) is 23.6. The van der Waals surface area contributed by atoms with E-state index in [0.29, 0.717) is 19.3 Å². The van der Waals surface area contributed by atoms with Crippen molar-refractivity contribution in [3.8, 4) is 0 Å². The van der Waals surface area contributed by atoms with Crippen LogP contribution < -0.4 is 5.32 Å². The van der Waals surface area contributed by atoms with Crippen molar-refractivity contribution in [3.05, 3.63) is 48.6 Å². The average molecular weight is 772 g/mol. The molecule has 1 amide bonds. The number of rotatable bonds is 41. The monoisotopic (exact) mass is 772 g/mol. The van der Waals surface area contributed by atoms with Crippen LogP contribution in [0.25, 0.3) is 0 Å². The van der Waals surface area contributed by atoms with Crippen LogP contribution in [0.3, 0.4) is 0 Å². The fourth-order valence-corrected chi connectivity index (χ4v) is 6.97. The molecule has 0 heterocycles. The Morgan fingerprint density at radius 3 is 1.49 bits per heavy atom. The van der Waals surface area contributed by atoms with Crippen LogP contribution in [-0.4, -0.2) is 46.9 Å².